The van der Waals surface area contributed by atoms with Crippen molar-refractivity contribution in [1.82, 2.24) is 14.8 Å². The molecule has 0 amide bonds. The zero-order chi connectivity index (χ0) is 22.0. The Labute approximate surface area is 204 Å². The normalized spacial score (nSPS) is 15.7. The number of carbonyl (C=O) groups is 1. The van der Waals surface area contributed by atoms with Crippen LogP contribution < -0.4 is 0 Å². The Bertz CT molecular complexity index is 1080. The van der Waals surface area contributed by atoms with Gasteiger partial charge in [-0.25, -0.2) is 0 Å². The fourth-order valence-electron chi connectivity index (χ4n) is 3.94. The van der Waals surface area contributed by atoms with E-state index < -0.39 is 0 Å². The highest BCUT2D eigenvalue weighted by Gasteiger charge is 2.27. The van der Waals surface area contributed by atoms with Crippen molar-refractivity contribution in [1.29, 1.82) is 0 Å². The van der Waals surface area contributed by atoms with Gasteiger partial charge in [0.15, 0.2) is 16.8 Å². The van der Waals surface area contributed by atoms with Crippen molar-refractivity contribution in [3.8, 4) is 11.4 Å². The van der Waals surface area contributed by atoms with Crippen LogP contribution in [0.3, 0.4) is 0 Å². The van der Waals surface area contributed by atoms with Gasteiger partial charge in [-0.3, -0.25) is 9.36 Å². The number of nitrogens with zero attached hydrogens (tertiary/aromatic N) is 3. The van der Waals surface area contributed by atoms with Crippen LogP contribution in [0.1, 0.15) is 55.4 Å². The molecule has 1 fully saturated rings. The minimum absolute atomic E-state index is 0.0711. The van der Waals surface area contributed by atoms with Crippen molar-refractivity contribution in [3.63, 3.8) is 0 Å². The lowest BCUT2D eigenvalue weighted by molar-refractivity contribution is 0.0993. The molecule has 31 heavy (non-hydrogen) atoms. The Kier molecular flexibility index (Phi) is 7.42. The van der Waals surface area contributed by atoms with Gasteiger partial charge in [0.2, 0.25) is 0 Å². The number of halogens is 3. The van der Waals surface area contributed by atoms with E-state index in [0.29, 0.717) is 21.7 Å². The number of rotatable bonds is 6. The first-order chi connectivity index (χ1) is 14.9. The summed E-state index contributed by atoms with van der Waals surface area (Å²) in [6.45, 7) is 1.92. The summed E-state index contributed by atoms with van der Waals surface area (Å²) in [5, 5.41) is 10.6. The van der Waals surface area contributed by atoms with Crippen LogP contribution in [0.25, 0.3) is 11.4 Å². The number of hydrogen-bond donors (Lipinski definition) is 0. The van der Waals surface area contributed by atoms with Crippen LogP contribution in [0.15, 0.2) is 52.1 Å². The van der Waals surface area contributed by atoms with E-state index in [1.807, 2.05) is 43.3 Å². The lowest BCUT2D eigenvalue weighted by Crippen LogP contribution is -2.18. The van der Waals surface area contributed by atoms with Gasteiger partial charge in [0.25, 0.3) is 0 Å². The third-order valence-corrected chi connectivity index (χ3v) is 7.69. The number of ketones is 1. The van der Waals surface area contributed by atoms with Gasteiger partial charge in [-0.1, -0.05) is 82.3 Å². The highest BCUT2D eigenvalue weighted by Crippen LogP contribution is 2.39. The summed E-state index contributed by atoms with van der Waals surface area (Å²) in [6.07, 6.45) is 5.73. The van der Waals surface area contributed by atoms with Gasteiger partial charge < -0.3 is 0 Å². The van der Waals surface area contributed by atoms with Crippen LogP contribution in [-0.2, 0) is 0 Å². The van der Waals surface area contributed by atoms with Crippen molar-refractivity contribution in [2.24, 2.45) is 0 Å². The summed E-state index contributed by atoms with van der Waals surface area (Å²) in [4.78, 5) is 13.0. The molecule has 4 nitrogen and oxygen atoms in total. The van der Waals surface area contributed by atoms with Crippen molar-refractivity contribution >= 4 is 56.7 Å². The summed E-state index contributed by atoms with van der Waals surface area (Å²) >= 11 is 17.5. The molecule has 0 saturated heterocycles. The molecule has 0 bridgehead atoms. The summed E-state index contributed by atoms with van der Waals surface area (Å²) in [7, 11) is 0. The highest BCUT2D eigenvalue weighted by molar-refractivity contribution is 9.10. The number of carbonyl (C=O) groups excluding carboxylic acids is 1. The van der Waals surface area contributed by atoms with E-state index in [1.165, 1.54) is 31.0 Å². The molecule has 8 heteroatoms. The predicted octanol–water partition coefficient (Wildman–Crippen LogP) is 7.88. The Balaban J connectivity index is 1.67. The van der Waals surface area contributed by atoms with Gasteiger partial charge >= 0.3 is 0 Å². The lowest BCUT2D eigenvalue weighted by Gasteiger charge is -2.26. The largest absolute Gasteiger partial charge is 0.299 e. The van der Waals surface area contributed by atoms with Crippen LogP contribution in [0.5, 0.6) is 0 Å². The summed E-state index contributed by atoms with van der Waals surface area (Å²) in [6, 6.07) is 13.2. The molecule has 1 heterocycles. The van der Waals surface area contributed by atoms with Crippen molar-refractivity contribution in [2.75, 3.05) is 0 Å². The fourth-order valence-corrected chi connectivity index (χ4v) is 5.69. The molecule has 1 atom stereocenters. The van der Waals surface area contributed by atoms with E-state index >= 15 is 0 Å². The first kappa shape index (κ1) is 22.8. The lowest BCUT2D eigenvalue weighted by atomic mass is 9.95. The Hall–Kier alpha value is -1.34. The van der Waals surface area contributed by atoms with Crippen LogP contribution in [0.4, 0.5) is 0 Å². The summed E-state index contributed by atoms with van der Waals surface area (Å²) in [5.74, 6) is 0.807. The van der Waals surface area contributed by atoms with Gasteiger partial charge in [0, 0.05) is 26.7 Å². The van der Waals surface area contributed by atoms with Crippen molar-refractivity contribution in [2.45, 2.75) is 55.5 Å². The highest BCUT2D eigenvalue weighted by atomic mass is 79.9. The first-order valence-electron chi connectivity index (χ1n) is 10.3. The van der Waals surface area contributed by atoms with Crippen LogP contribution in [0.2, 0.25) is 10.0 Å². The molecule has 2 aromatic carbocycles. The zero-order valence-electron chi connectivity index (χ0n) is 17.0. The van der Waals surface area contributed by atoms with E-state index in [2.05, 4.69) is 30.7 Å². The molecular formula is C23H22BrCl2N3OS. The number of aromatic nitrogens is 3. The maximum Gasteiger partial charge on any atom is 0.192 e. The molecule has 0 unspecified atom stereocenters. The third kappa shape index (κ3) is 5.19. The minimum atomic E-state index is -0.291. The molecule has 4 rings (SSSR count). The molecule has 0 spiro atoms. The average molecular weight is 539 g/mol. The van der Waals surface area contributed by atoms with Gasteiger partial charge in [-0.05, 0) is 50.1 Å². The van der Waals surface area contributed by atoms with Crippen LogP contribution >= 0.6 is 50.9 Å². The van der Waals surface area contributed by atoms with E-state index in [4.69, 9.17) is 23.2 Å². The standard InChI is InChI=1S/C23H22BrCl2N3OS/c1-14(21(30)15-7-9-16(24)10-8-15)31-23-28-27-22(19-12-11-17(25)13-20(19)26)29(23)18-5-3-2-4-6-18/h7-14,18H,2-6H2,1H3/t14-/m0/s1. The zero-order valence-corrected chi connectivity index (χ0v) is 20.9. The Morgan fingerprint density at radius 1 is 1.10 bits per heavy atom. The van der Waals surface area contributed by atoms with Crippen LogP contribution in [-0.4, -0.2) is 25.8 Å². The minimum Gasteiger partial charge on any atom is -0.299 e. The molecule has 1 saturated carbocycles. The molecule has 1 aliphatic carbocycles. The van der Waals surface area contributed by atoms with Crippen LogP contribution in [0, 0.1) is 0 Å². The quantitative estimate of drug-likeness (QED) is 0.236. The van der Waals surface area contributed by atoms with E-state index in [-0.39, 0.29) is 11.0 Å². The Morgan fingerprint density at radius 2 is 1.81 bits per heavy atom. The second-order valence-electron chi connectivity index (χ2n) is 7.72. The van der Waals surface area contributed by atoms with Crippen molar-refractivity contribution in [3.05, 3.63) is 62.5 Å². The number of hydrogen-bond acceptors (Lipinski definition) is 4. The smallest absolute Gasteiger partial charge is 0.192 e. The number of Topliss-reactive ketones (excluding diaryl/α,β-unsaturated/α-hetero) is 1. The molecule has 162 valence electrons. The summed E-state index contributed by atoms with van der Waals surface area (Å²) in [5.41, 5.74) is 1.50. The van der Waals surface area contributed by atoms with Gasteiger partial charge in [-0.15, -0.1) is 10.2 Å². The SMILES string of the molecule is C[C@H](Sc1nnc(-c2ccc(Cl)cc2Cl)n1C1CCCCC1)C(=O)c1ccc(Br)cc1. The van der Waals surface area contributed by atoms with E-state index in [0.717, 1.165) is 33.9 Å². The molecule has 0 aliphatic heterocycles. The molecule has 1 aromatic heterocycles. The molecular weight excluding hydrogens is 517 g/mol. The molecule has 1 aliphatic rings. The maximum atomic E-state index is 13.0. The van der Waals surface area contributed by atoms with Gasteiger partial charge in [0.1, 0.15) is 0 Å². The second kappa shape index (κ2) is 10.1. The topological polar surface area (TPSA) is 47.8 Å². The van der Waals surface area contributed by atoms with Crippen molar-refractivity contribution < 1.29 is 4.79 Å². The van der Waals surface area contributed by atoms with Gasteiger partial charge in [0.05, 0.1) is 10.3 Å². The predicted molar refractivity (Wildman–Crippen MR) is 131 cm³/mol. The van der Waals surface area contributed by atoms with Gasteiger partial charge in [-0.2, -0.15) is 0 Å². The molecule has 3 aromatic rings. The third-order valence-electron chi connectivity index (χ3n) is 5.56. The number of thioether (sulfide) groups is 1. The fraction of sp³-hybridized carbons (Fsp3) is 0.348. The number of benzene rings is 2. The average Bonchev–Trinajstić information content (AvgIpc) is 3.17. The van der Waals surface area contributed by atoms with E-state index in [1.54, 1.807) is 6.07 Å². The molecule has 0 N–H and O–H groups in total. The monoisotopic (exact) mass is 537 g/mol. The summed E-state index contributed by atoms with van der Waals surface area (Å²) < 4.78 is 3.13. The Morgan fingerprint density at radius 3 is 2.48 bits per heavy atom. The second-order valence-corrected chi connectivity index (χ2v) is 10.8. The first-order valence-corrected chi connectivity index (χ1v) is 12.7. The molecule has 0 radical (unpaired) electrons. The van der Waals surface area contributed by atoms with E-state index in [9.17, 15) is 4.79 Å². The maximum absolute atomic E-state index is 13.0.